The van der Waals surface area contributed by atoms with Crippen molar-refractivity contribution in [2.24, 2.45) is 10.7 Å². The molecule has 0 amide bonds. The van der Waals surface area contributed by atoms with Crippen LogP contribution in [0.25, 0.3) is 0 Å². The van der Waals surface area contributed by atoms with Gasteiger partial charge in [0, 0.05) is 38.6 Å². The number of anilines is 1. The van der Waals surface area contributed by atoms with Gasteiger partial charge in [-0.25, -0.2) is 9.97 Å². The quantitative estimate of drug-likeness (QED) is 0.620. The third kappa shape index (κ3) is 4.27. The van der Waals surface area contributed by atoms with E-state index >= 15 is 0 Å². The number of hydrogen-bond acceptors (Lipinski definition) is 6. The molecule has 4 heterocycles. The number of rotatable bonds is 5. The van der Waals surface area contributed by atoms with Crippen LogP contribution in [0.5, 0.6) is 0 Å². The van der Waals surface area contributed by atoms with E-state index < -0.39 is 0 Å². The Morgan fingerprint density at radius 2 is 1.82 bits per heavy atom. The van der Waals surface area contributed by atoms with Gasteiger partial charge in [0.15, 0.2) is 5.96 Å². The predicted molar refractivity (Wildman–Crippen MR) is 109 cm³/mol. The lowest BCUT2D eigenvalue weighted by atomic mass is 10.2. The number of piperazine rings is 1. The molecule has 1 atom stereocenters. The van der Waals surface area contributed by atoms with Crippen LogP contribution in [0, 0.1) is 6.92 Å². The number of aromatic nitrogens is 2. The average Bonchev–Trinajstić information content (AvgIpc) is 3.41. The summed E-state index contributed by atoms with van der Waals surface area (Å²) in [5, 5.41) is 0. The van der Waals surface area contributed by atoms with E-state index in [-0.39, 0.29) is 6.04 Å². The summed E-state index contributed by atoms with van der Waals surface area (Å²) < 4.78 is 5.91. The Morgan fingerprint density at radius 3 is 2.46 bits per heavy atom. The van der Waals surface area contributed by atoms with Crippen molar-refractivity contribution in [2.75, 3.05) is 50.7 Å². The SMILES string of the molecule is Cc1ccc(C(CN=C(N)N2CCN(c3ncccn3)CC2)N2CCCC2)o1. The molecule has 2 N–H and O–H groups in total. The van der Waals surface area contributed by atoms with Crippen molar-refractivity contribution in [1.29, 1.82) is 0 Å². The van der Waals surface area contributed by atoms with Crippen molar-refractivity contribution in [3.63, 3.8) is 0 Å². The molecule has 0 bridgehead atoms. The molecule has 2 aromatic heterocycles. The molecule has 2 aliphatic heterocycles. The van der Waals surface area contributed by atoms with Crippen LogP contribution < -0.4 is 10.6 Å². The van der Waals surface area contributed by atoms with Crippen molar-refractivity contribution >= 4 is 11.9 Å². The third-order valence-corrected chi connectivity index (χ3v) is 5.54. The molecular formula is C20H29N7O. The van der Waals surface area contributed by atoms with Crippen molar-refractivity contribution < 1.29 is 4.42 Å². The van der Waals surface area contributed by atoms with Crippen LogP contribution in [-0.4, -0.2) is 71.5 Å². The molecule has 8 nitrogen and oxygen atoms in total. The average molecular weight is 384 g/mol. The fourth-order valence-electron chi connectivity index (χ4n) is 3.94. The monoisotopic (exact) mass is 383 g/mol. The van der Waals surface area contributed by atoms with Gasteiger partial charge in [-0.3, -0.25) is 9.89 Å². The second kappa shape index (κ2) is 8.60. The first kappa shape index (κ1) is 18.7. The Bertz CT molecular complexity index is 777. The highest BCUT2D eigenvalue weighted by Crippen LogP contribution is 2.27. The van der Waals surface area contributed by atoms with Crippen LogP contribution >= 0.6 is 0 Å². The molecule has 0 saturated carbocycles. The van der Waals surface area contributed by atoms with Crippen molar-refractivity contribution in [2.45, 2.75) is 25.8 Å². The number of aryl methyl sites for hydroxylation is 1. The highest BCUT2D eigenvalue weighted by Gasteiger charge is 2.26. The van der Waals surface area contributed by atoms with E-state index in [2.05, 4.69) is 30.7 Å². The zero-order chi connectivity index (χ0) is 19.3. The van der Waals surface area contributed by atoms with Gasteiger partial charge in [-0.05, 0) is 51.1 Å². The highest BCUT2D eigenvalue weighted by atomic mass is 16.3. The summed E-state index contributed by atoms with van der Waals surface area (Å²) in [6.07, 6.45) is 6.02. The zero-order valence-corrected chi connectivity index (χ0v) is 16.5. The Morgan fingerprint density at radius 1 is 1.11 bits per heavy atom. The van der Waals surface area contributed by atoms with E-state index in [1.54, 1.807) is 12.4 Å². The molecule has 2 saturated heterocycles. The molecule has 0 aromatic carbocycles. The summed E-state index contributed by atoms with van der Waals surface area (Å²) in [5.74, 6) is 3.32. The molecule has 0 radical (unpaired) electrons. The molecule has 1 unspecified atom stereocenters. The molecule has 0 spiro atoms. The first-order valence-electron chi connectivity index (χ1n) is 10.1. The van der Waals surface area contributed by atoms with Crippen LogP contribution in [-0.2, 0) is 0 Å². The number of nitrogens with zero attached hydrogens (tertiary/aromatic N) is 6. The molecular weight excluding hydrogens is 354 g/mol. The number of guanidine groups is 1. The molecule has 0 aliphatic carbocycles. The van der Waals surface area contributed by atoms with Crippen molar-refractivity contribution in [3.8, 4) is 0 Å². The lowest BCUT2D eigenvalue weighted by Gasteiger charge is -2.35. The zero-order valence-electron chi connectivity index (χ0n) is 16.5. The fraction of sp³-hybridized carbons (Fsp3) is 0.550. The Balaban J connectivity index is 1.37. The second-order valence-corrected chi connectivity index (χ2v) is 7.43. The first-order valence-corrected chi connectivity index (χ1v) is 10.1. The first-order chi connectivity index (χ1) is 13.7. The molecule has 150 valence electrons. The summed E-state index contributed by atoms with van der Waals surface area (Å²) in [4.78, 5) is 20.2. The van der Waals surface area contributed by atoms with E-state index in [1.165, 1.54) is 12.8 Å². The summed E-state index contributed by atoms with van der Waals surface area (Å²) in [6.45, 7) is 8.12. The Hall–Kier alpha value is -2.61. The maximum Gasteiger partial charge on any atom is 0.225 e. The second-order valence-electron chi connectivity index (χ2n) is 7.43. The molecule has 2 fully saturated rings. The van der Waals surface area contributed by atoms with E-state index in [9.17, 15) is 0 Å². The Labute approximate surface area is 166 Å². The third-order valence-electron chi connectivity index (χ3n) is 5.54. The number of likely N-dealkylation sites (tertiary alicyclic amines) is 1. The maximum absolute atomic E-state index is 6.34. The minimum Gasteiger partial charge on any atom is -0.465 e. The van der Waals surface area contributed by atoms with Crippen molar-refractivity contribution in [1.82, 2.24) is 19.8 Å². The maximum atomic E-state index is 6.34. The minimum absolute atomic E-state index is 0.161. The number of aliphatic imine (C=N–C) groups is 1. The summed E-state index contributed by atoms with van der Waals surface area (Å²) in [7, 11) is 0. The van der Waals surface area contributed by atoms with Crippen LogP contribution in [0.2, 0.25) is 0 Å². The van der Waals surface area contributed by atoms with Gasteiger partial charge >= 0.3 is 0 Å². The molecule has 8 heteroatoms. The van der Waals surface area contributed by atoms with Crippen LogP contribution in [0.3, 0.4) is 0 Å². The highest BCUT2D eigenvalue weighted by molar-refractivity contribution is 5.78. The van der Waals surface area contributed by atoms with E-state index in [4.69, 9.17) is 15.1 Å². The fourth-order valence-corrected chi connectivity index (χ4v) is 3.94. The largest absolute Gasteiger partial charge is 0.465 e. The van der Waals surface area contributed by atoms with Gasteiger partial charge < -0.3 is 20.0 Å². The van der Waals surface area contributed by atoms with E-state index in [1.807, 2.05) is 19.1 Å². The smallest absolute Gasteiger partial charge is 0.225 e. The normalized spacial score (nSPS) is 20.0. The summed E-state index contributed by atoms with van der Waals surface area (Å²) >= 11 is 0. The minimum atomic E-state index is 0.161. The van der Waals surface area contributed by atoms with Crippen LogP contribution in [0.1, 0.15) is 30.4 Å². The van der Waals surface area contributed by atoms with Gasteiger partial charge in [0.2, 0.25) is 5.95 Å². The van der Waals surface area contributed by atoms with Gasteiger partial charge in [0.05, 0.1) is 12.6 Å². The van der Waals surface area contributed by atoms with Crippen LogP contribution in [0.15, 0.2) is 40.0 Å². The van der Waals surface area contributed by atoms with E-state index in [0.29, 0.717) is 12.5 Å². The predicted octanol–water partition coefficient (Wildman–Crippen LogP) is 1.65. The van der Waals surface area contributed by atoms with Gasteiger partial charge in [-0.2, -0.15) is 0 Å². The molecule has 2 aliphatic rings. The van der Waals surface area contributed by atoms with Gasteiger partial charge in [0.25, 0.3) is 0 Å². The summed E-state index contributed by atoms with van der Waals surface area (Å²) in [5.41, 5.74) is 6.34. The van der Waals surface area contributed by atoms with Gasteiger partial charge in [-0.1, -0.05) is 0 Å². The van der Waals surface area contributed by atoms with E-state index in [0.717, 1.165) is 56.7 Å². The lowest BCUT2D eigenvalue weighted by molar-refractivity contribution is 0.218. The molecule has 4 rings (SSSR count). The summed E-state index contributed by atoms with van der Waals surface area (Å²) in [6, 6.07) is 6.09. The molecule has 2 aromatic rings. The number of nitrogens with two attached hydrogens (primary N) is 1. The van der Waals surface area contributed by atoms with Crippen molar-refractivity contribution in [3.05, 3.63) is 42.1 Å². The number of hydrogen-bond donors (Lipinski definition) is 1. The Kier molecular flexibility index (Phi) is 5.76. The topological polar surface area (TPSA) is 87.0 Å². The molecule has 28 heavy (non-hydrogen) atoms. The standard InChI is InChI=1S/C20H29N7O/c1-16-5-6-18(28-16)17(25-9-2-3-10-25)15-24-19(21)26-11-13-27(14-12-26)20-22-7-4-8-23-20/h4-8,17H,2-3,9-15H2,1H3,(H2,21,24). The van der Waals surface area contributed by atoms with Gasteiger partial charge in [0.1, 0.15) is 11.5 Å². The van der Waals surface area contributed by atoms with Crippen LogP contribution in [0.4, 0.5) is 5.95 Å². The van der Waals surface area contributed by atoms with Gasteiger partial charge in [-0.15, -0.1) is 0 Å². The number of furan rings is 1. The lowest BCUT2D eigenvalue weighted by Crippen LogP contribution is -2.51.